The molecule has 2 rings (SSSR count). The van der Waals surface area contributed by atoms with Gasteiger partial charge in [-0.05, 0) is 36.3 Å². The minimum absolute atomic E-state index is 0.170. The van der Waals surface area contributed by atoms with E-state index < -0.39 is 8.32 Å². The summed E-state index contributed by atoms with van der Waals surface area (Å²) in [5, 5.41) is 0. The van der Waals surface area contributed by atoms with Crippen LogP contribution in [0.5, 0.6) is 5.75 Å². The average Bonchev–Trinajstić information content (AvgIpc) is 2.41. The van der Waals surface area contributed by atoms with Crippen LogP contribution < -0.4 is 10.5 Å². The zero-order chi connectivity index (χ0) is 13.0. The van der Waals surface area contributed by atoms with E-state index in [2.05, 4.69) is 12.1 Å². The van der Waals surface area contributed by atoms with Crippen molar-refractivity contribution in [1.29, 1.82) is 0 Å². The van der Waals surface area contributed by atoms with Gasteiger partial charge in [-0.1, -0.05) is 31.4 Å². The Morgan fingerprint density at radius 2 is 1.83 bits per heavy atom. The fraction of sp³-hybridized carbons (Fsp3) is 0.571. The molecule has 0 saturated carbocycles. The lowest BCUT2D eigenvalue weighted by atomic mass is 10.1. The number of rotatable bonds is 4. The molecule has 0 spiro atoms. The van der Waals surface area contributed by atoms with E-state index >= 15 is 0 Å². The summed E-state index contributed by atoms with van der Waals surface area (Å²) in [5.74, 6) is 0.854. The van der Waals surface area contributed by atoms with E-state index in [-0.39, 0.29) is 5.54 Å². The second kappa shape index (κ2) is 5.86. The number of hydrogen-bond acceptors (Lipinski definition) is 3. The van der Waals surface area contributed by atoms with Gasteiger partial charge in [0.05, 0.1) is 7.11 Å². The highest BCUT2D eigenvalue weighted by Gasteiger charge is 2.41. The lowest BCUT2D eigenvalue weighted by Crippen LogP contribution is -2.46. The first kappa shape index (κ1) is 13.6. The summed E-state index contributed by atoms with van der Waals surface area (Å²) in [5.41, 5.74) is 7.28. The Morgan fingerprint density at radius 1 is 1.22 bits per heavy atom. The minimum Gasteiger partial charge on any atom is -0.497 e. The first-order chi connectivity index (χ1) is 8.69. The maximum atomic E-state index is 10.9. The van der Waals surface area contributed by atoms with Crippen LogP contribution in [0.4, 0.5) is 0 Å². The molecule has 1 aliphatic rings. The maximum Gasteiger partial charge on any atom is 0.197 e. The fourth-order valence-corrected chi connectivity index (χ4v) is 6.94. The van der Waals surface area contributed by atoms with Gasteiger partial charge >= 0.3 is 0 Å². The van der Waals surface area contributed by atoms with Gasteiger partial charge in [-0.3, -0.25) is 0 Å². The Labute approximate surface area is 110 Å². The van der Waals surface area contributed by atoms with Crippen molar-refractivity contribution in [3.63, 3.8) is 0 Å². The highest BCUT2D eigenvalue weighted by molar-refractivity contribution is 6.74. The van der Waals surface area contributed by atoms with Gasteiger partial charge in [-0.15, -0.1) is 0 Å². The summed E-state index contributed by atoms with van der Waals surface area (Å²) < 4.78 is 5.17. The molecule has 3 N–H and O–H groups in total. The largest absolute Gasteiger partial charge is 0.497 e. The maximum absolute atomic E-state index is 10.9. The van der Waals surface area contributed by atoms with Crippen LogP contribution in [0.3, 0.4) is 0 Å². The van der Waals surface area contributed by atoms with Crippen molar-refractivity contribution >= 4 is 8.32 Å². The molecule has 1 unspecified atom stereocenters. The predicted octanol–water partition coefficient (Wildman–Crippen LogP) is 2.40. The molecule has 0 radical (unpaired) electrons. The van der Waals surface area contributed by atoms with E-state index in [9.17, 15) is 4.80 Å². The van der Waals surface area contributed by atoms with Gasteiger partial charge in [0.1, 0.15) is 5.75 Å². The molecule has 18 heavy (non-hydrogen) atoms. The molecule has 4 heteroatoms. The number of methoxy groups -OCH3 is 1. The topological polar surface area (TPSA) is 55.5 Å². The summed E-state index contributed by atoms with van der Waals surface area (Å²) >= 11 is 0. The van der Waals surface area contributed by atoms with Crippen molar-refractivity contribution in [3.05, 3.63) is 29.8 Å². The molecule has 3 nitrogen and oxygen atoms in total. The van der Waals surface area contributed by atoms with E-state index in [1.54, 1.807) is 7.11 Å². The van der Waals surface area contributed by atoms with Gasteiger partial charge in [0.15, 0.2) is 8.32 Å². The van der Waals surface area contributed by atoms with Crippen LogP contribution in [0.15, 0.2) is 24.3 Å². The van der Waals surface area contributed by atoms with E-state index in [0.717, 1.165) is 30.7 Å². The second-order valence-electron chi connectivity index (χ2n) is 5.23. The summed E-state index contributed by atoms with van der Waals surface area (Å²) in [6.45, 7) is 0.551. The van der Waals surface area contributed by atoms with E-state index in [1.807, 2.05) is 12.1 Å². The van der Waals surface area contributed by atoms with Crippen molar-refractivity contribution < 1.29 is 9.53 Å². The summed E-state index contributed by atoms with van der Waals surface area (Å²) in [7, 11) is -0.535. The third-order valence-corrected chi connectivity index (χ3v) is 8.43. The molecular weight excluding hydrogens is 242 g/mol. The van der Waals surface area contributed by atoms with Crippen LogP contribution in [0.25, 0.3) is 0 Å². The Balaban J connectivity index is 2.20. The van der Waals surface area contributed by atoms with Crippen molar-refractivity contribution in [2.24, 2.45) is 5.73 Å². The Bertz CT molecular complexity index is 374. The molecule has 100 valence electrons. The Hall–Kier alpha value is -0.843. The third-order valence-electron chi connectivity index (χ3n) is 4.12. The van der Waals surface area contributed by atoms with E-state index in [0.29, 0.717) is 6.54 Å². The Morgan fingerprint density at radius 3 is 2.33 bits per heavy atom. The van der Waals surface area contributed by atoms with Crippen molar-refractivity contribution in [2.45, 2.75) is 36.9 Å². The van der Waals surface area contributed by atoms with Crippen LogP contribution in [0.1, 0.15) is 30.4 Å². The number of benzene rings is 1. The lowest BCUT2D eigenvalue weighted by Gasteiger charge is -2.36. The van der Waals surface area contributed by atoms with E-state index in [4.69, 9.17) is 10.5 Å². The molecule has 0 aliphatic carbocycles. The molecule has 1 atom stereocenters. The molecular formula is C14H23NO2Si. The number of ether oxygens (including phenoxy) is 1. The Kier molecular flexibility index (Phi) is 4.43. The number of hydrogen-bond donors (Lipinski definition) is 2. The number of nitrogens with two attached hydrogens (primary N) is 1. The summed E-state index contributed by atoms with van der Waals surface area (Å²) in [6, 6.07) is 10.0. The highest BCUT2D eigenvalue weighted by atomic mass is 28.4. The molecule has 1 heterocycles. The van der Waals surface area contributed by atoms with Crippen LogP contribution in [-0.2, 0) is 0 Å². The van der Waals surface area contributed by atoms with Gasteiger partial charge in [0.25, 0.3) is 0 Å². The van der Waals surface area contributed by atoms with Crippen LogP contribution in [0.2, 0.25) is 12.1 Å². The second-order valence-corrected chi connectivity index (χ2v) is 9.13. The van der Waals surface area contributed by atoms with Gasteiger partial charge in [0, 0.05) is 5.54 Å². The molecule has 1 aromatic rings. The summed E-state index contributed by atoms with van der Waals surface area (Å²) in [4.78, 5) is 10.9. The zero-order valence-electron chi connectivity index (χ0n) is 11.1. The molecule has 1 fully saturated rings. The highest BCUT2D eigenvalue weighted by Crippen LogP contribution is 2.37. The normalized spacial score (nSPS) is 20.4. The molecule has 1 aliphatic heterocycles. The van der Waals surface area contributed by atoms with E-state index in [1.165, 1.54) is 12.0 Å². The predicted molar refractivity (Wildman–Crippen MR) is 76.2 cm³/mol. The monoisotopic (exact) mass is 265 g/mol. The first-order valence-electron chi connectivity index (χ1n) is 6.76. The quantitative estimate of drug-likeness (QED) is 0.822. The van der Waals surface area contributed by atoms with Crippen molar-refractivity contribution in [2.75, 3.05) is 13.7 Å². The van der Waals surface area contributed by atoms with Gasteiger partial charge in [-0.25, -0.2) is 0 Å². The molecule has 0 amide bonds. The molecule has 1 aromatic carbocycles. The molecule has 1 saturated heterocycles. The SMILES string of the molecule is COc1ccc(C(CN)[Si]2(O)CCCCC2)cc1. The smallest absolute Gasteiger partial charge is 0.197 e. The average molecular weight is 265 g/mol. The molecule has 0 bridgehead atoms. The van der Waals surface area contributed by atoms with Gasteiger partial charge < -0.3 is 15.3 Å². The summed E-state index contributed by atoms with van der Waals surface area (Å²) in [6.07, 6.45) is 3.58. The van der Waals surface area contributed by atoms with Gasteiger partial charge in [0.2, 0.25) is 0 Å². The van der Waals surface area contributed by atoms with Gasteiger partial charge in [-0.2, -0.15) is 0 Å². The van der Waals surface area contributed by atoms with Crippen LogP contribution in [0, 0.1) is 0 Å². The van der Waals surface area contributed by atoms with Crippen molar-refractivity contribution in [1.82, 2.24) is 0 Å². The van der Waals surface area contributed by atoms with Crippen LogP contribution in [-0.4, -0.2) is 26.8 Å². The standard InChI is InChI=1S/C14H23NO2Si/c1-17-13-7-5-12(6-8-13)14(11-15)18(16)9-3-2-4-10-18/h5-8,14,16H,2-4,9-11,15H2,1H3. The first-order valence-corrected chi connectivity index (χ1v) is 9.20. The lowest BCUT2D eigenvalue weighted by molar-refractivity contribution is 0.414. The third kappa shape index (κ3) is 2.76. The zero-order valence-corrected chi connectivity index (χ0v) is 12.1. The fourth-order valence-electron chi connectivity index (χ4n) is 3.01. The van der Waals surface area contributed by atoms with Crippen LogP contribution >= 0.6 is 0 Å². The molecule has 0 aromatic heterocycles. The van der Waals surface area contributed by atoms with Crippen molar-refractivity contribution in [3.8, 4) is 5.75 Å². The minimum atomic E-state index is -2.20.